The first kappa shape index (κ1) is 15.6. The number of imide groups is 1. The van der Waals surface area contributed by atoms with Crippen LogP contribution in [0.1, 0.15) is 25.0 Å². The van der Waals surface area contributed by atoms with Gasteiger partial charge in [0.05, 0.1) is 5.25 Å². The van der Waals surface area contributed by atoms with E-state index in [9.17, 15) is 9.59 Å². The topological polar surface area (TPSA) is 72.2 Å². The standard InChI is InChI=1S/C14H20N2O2S/c1-9(2)12(13(17)16-14(15)18)19-8-11-7-5-4-6-10(11)3/h4-7,9,12H,8H2,1-3H3,(H3,15,16,17,18)/t12-/m0/s1. The lowest BCUT2D eigenvalue weighted by Gasteiger charge is -2.19. The minimum Gasteiger partial charge on any atom is -0.351 e. The molecule has 104 valence electrons. The Morgan fingerprint density at radius 2 is 1.95 bits per heavy atom. The summed E-state index contributed by atoms with van der Waals surface area (Å²) < 4.78 is 0. The summed E-state index contributed by atoms with van der Waals surface area (Å²) in [6.45, 7) is 5.95. The molecule has 5 heteroatoms. The van der Waals surface area contributed by atoms with Crippen molar-refractivity contribution in [2.45, 2.75) is 31.8 Å². The molecule has 0 aliphatic heterocycles. The van der Waals surface area contributed by atoms with Crippen molar-refractivity contribution in [3.63, 3.8) is 0 Å². The van der Waals surface area contributed by atoms with Crippen LogP contribution >= 0.6 is 11.8 Å². The number of amides is 3. The minimum absolute atomic E-state index is 0.133. The Bertz CT molecular complexity index is 461. The molecule has 0 spiro atoms. The highest BCUT2D eigenvalue weighted by molar-refractivity contribution is 7.99. The van der Waals surface area contributed by atoms with Crippen molar-refractivity contribution in [2.75, 3.05) is 0 Å². The molecule has 0 aliphatic rings. The zero-order valence-electron chi connectivity index (χ0n) is 11.5. The number of carbonyl (C=O) groups is 2. The van der Waals surface area contributed by atoms with Gasteiger partial charge in [0.25, 0.3) is 0 Å². The fourth-order valence-corrected chi connectivity index (χ4v) is 2.99. The van der Waals surface area contributed by atoms with Gasteiger partial charge in [0.15, 0.2) is 0 Å². The van der Waals surface area contributed by atoms with E-state index in [1.165, 1.54) is 22.9 Å². The number of benzene rings is 1. The highest BCUT2D eigenvalue weighted by atomic mass is 32.2. The van der Waals surface area contributed by atoms with Crippen molar-refractivity contribution in [3.05, 3.63) is 35.4 Å². The zero-order valence-corrected chi connectivity index (χ0v) is 12.3. The summed E-state index contributed by atoms with van der Waals surface area (Å²) in [5.74, 6) is 0.552. The van der Waals surface area contributed by atoms with Gasteiger partial charge < -0.3 is 5.73 Å². The van der Waals surface area contributed by atoms with Crippen LogP contribution in [0.3, 0.4) is 0 Å². The van der Waals surface area contributed by atoms with Crippen molar-refractivity contribution < 1.29 is 9.59 Å². The number of nitrogens with two attached hydrogens (primary N) is 1. The maximum absolute atomic E-state index is 11.9. The van der Waals surface area contributed by atoms with Crippen molar-refractivity contribution in [1.82, 2.24) is 5.32 Å². The van der Waals surface area contributed by atoms with Crippen LogP contribution in [0, 0.1) is 12.8 Å². The summed E-state index contributed by atoms with van der Waals surface area (Å²) in [6, 6.07) is 7.27. The summed E-state index contributed by atoms with van der Waals surface area (Å²) in [5, 5.41) is 1.87. The predicted molar refractivity (Wildman–Crippen MR) is 78.8 cm³/mol. The molecule has 1 aromatic carbocycles. The van der Waals surface area contributed by atoms with E-state index in [4.69, 9.17) is 5.73 Å². The molecule has 0 saturated heterocycles. The fourth-order valence-electron chi connectivity index (χ4n) is 1.72. The van der Waals surface area contributed by atoms with E-state index in [1.54, 1.807) is 0 Å². The van der Waals surface area contributed by atoms with Gasteiger partial charge in [0, 0.05) is 5.75 Å². The van der Waals surface area contributed by atoms with Crippen molar-refractivity contribution in [3.8, 4) is 0 Å². The highest BCUT2D eigenvalue weighted by Crippen LogP contribution is 2.25. The van der Waals surface area contributed by atoms with Crippen LogP contribution in [0.25, 0.3) is 0 Å². The molecule has 0 bridgehead atoms. The number of rotatable bonds is 5. The number of thioether (sulfide) groups is 1. The molecule has 4 nitrogen and oxygen atoms in total. The molecule has 0 heterocycles. The quantitative estimate of drug-likeness (QED) is 0.870. The normalized spacial score (nSPS) is 12.2. The third-order valence-electron chi connectivity index (χ3n) is 2.79. The molecule has 1 aromatic rings. The van der Waals surface area contributed by atoms with E-state index < -0.39 is 6.03 Å². The SMILES string of the molecule is Cc1ccccc1CS[C@H](C(=O)NC(N)=O)C(C)C. The molecule has 1 rings (SSSR count). The first-order valence-electron chi connectivity index (χ1n) is 6.18. The van der Waals surface area contributed by atoms with Gasteiger partial charge in [-0.15, -0.1) is 11.8 Å². The number of nitrogens with one attached hydrogen (secondary N) is 1. The van der Waals surface area contributed by atoms with Crippen LogP contribution < -0.4 is 11.1 Å². The maximum Gasteiger partial charge on any atom is 0.318 e. The van der Waals surface area contributed by atoms with E-state index in [2.05, 4.69) is 5.32 Å². The Balaban J connectivity index is 2.67. The summed E-state index contributed by atoms with van der Waals surface area (Å²) >= 11 is 1.53. The molecule has 0 fully saturated rings. The number of aryl methyl sites for hydroxylation is 1. The lowest BCUT2D eigenvalue weighted by molar-refractivity contribution is -0.120. The molecule has 3 amide bonds. The van der Waals surface area contributed by atoms with E-state index in [0.717, 1.165) is 5.75 Å². The second-order valence-electron chi connectivity index (χ2n) is 4.76. The largest absolute Gasteiger partial charge is 0.351 e. The Morgan fingerprint density at radius 1 is 1.32 bits per heavy atom. The lowest BCUT2D eigenvalue weighted by atomic mass is 10.1. The first-order valence-corrected chi connectivity index (χ1v) is 7.23. The summed E-state index contributed by atoms with van der Waals surface area (Å²) in [6.07, 6.45) is 0. The molecule has 1 atom stereocenters. The Kier molecular flexibility index (Phi) is 5.89. The van der Waals surface area contributed by atoms with E-state index >= 15 is 0 Å². The average molecular weight is 280 g/mol. The Labute approximate surface area is 118 Å². The van der Waals surface area contributed by atoms with Gasteiger partial charge in [-0.2, -0.15) is 0 Å². The van der Waals surface area contributed by atoms with Gasteiger partial charge in [-0.1, -0.05) is 38.1 Å². The monoisotopic (exact) mass is 280 g/mol. The van der Waals surface area contributed by atoms with Crippen molar-refractivity contribution in [1.29, 1.82) is 0 Å². The number of primary amides is 1. The average Bonchev–Trinajstić information content (AvgIpc) is 2.30. The van der Waals surface area contributed by atoms with Crippen LogP contribution in [0.5, 0.6) is 0 Å². The number of urea groups is 1. The second-order valence-corrected chi connectivity index (χ2v) is 5.89. The third kappa shape index (κ3) is 4.95. The first-order chi connectivity index (χ1) is 8.91. The van der Waals surface area contributed by atoms with Gasteiger partial charge >= 0.3 is 6.03 Å². The third-order valence-corrected chi connectivity index (χ3v) is 4.39. The van der Waals surface area contributed by atoms with E-state index in [1.807, 2.05) is 45.0 Å². The van der Waals surface area contributed by atoms with Crippen LogP contribution in [-0.4, -0.2) is 17.2 Å². The summed E-state index contributed by atoms with van der Waals surface area (Å²) in [5.41, 5.74) is 7.38. The molecule has 0 unspecified atom stereocenters. The number of hydrogen-bond donors (Lipinski definition) is 2. The molecule has 19 heavy (non-hydrogen) atoms. The molecule has 0 aromatic heterocycles. The summed E-state index contributed by atoms with van der Waals surface area (Å²) in [4.78, 5) is 22.6. The molecule has 0 aliphatic carbocycles. The second kappa shape index (κ2) is 7.19. The lowest BCUT2D eigenvalue weighted by Crippen LogP contribution is -2.42. The Morgan fingerprint density at radius 3 is 2.47 bits per heavy atom. The van der Waals surface area contributed by atoms with Crippen molar-refractivity contribution in [2.24, 2.45) is 11.7 Å². The zero-order chi connectivity index (χ0) is 14.4. The minimum atomic E-state index is -0.799. The van der Waals surface area contributed by atoms with Gasteiger partial charge in [0.2, 0.25) is 5.91 Å². The van der Waals surface area contributed by atoms with E-state index in [-0.39, 0.29) is 17.1 Å². The highest BCUT2D eigenvalue weighted by Gasteiger charge is 2.23. The number of carbonyl (C=O) groups excluding carboxylic acids is 2. The van der Waals surface area contributed by atoms with Gasteiger partial charge in [-0.25, -0.2) is 4.79 Å². The van der Waals surface area contributed by atoms with Crippen LogP contribution in [-0.2, 0) is 10.5 Å². The van der Waals surface area contributed by atoms with Gasteiger partial charge in [-0.05, 0) is 24.0 Å². The fraction of sp³-hybridized carbons (Fsp3) is 0.429. The van der Waals surface area contributed by atoms with Crippen LogP contribution in [0.2, 0.25) is 0 Å². The molecule has 3 N–H and O–H groups in total. The molecule has 0 radical (unpaired) electrons. The summed E-state index contributed by atoms with van der Waals surface area (Å²) in [7, 11) is 0. The van der Waals surface area contributed by atoms with E-state index in [0.29, 0.717) is 0 Å². The smallest absolute Gasteiger partial charge is 0.318 e. The maximum atomic E-state index is 11.9. The van der Waals surface area contributed by atoms with Crippen molar-refractivity contribution >= 4 is 23.7 Å². The molecular formula is C14H20N2O2S. The van der Waals surface area contributed by atoms with Crippen LogP contribution in [0.4, 0.5) is 4.79 Å². The van der Waals surface area contributed by atoms with Crippen LogP contribution in [0.15, 0.2) is 24.3 Å². The van der Waals surface area contributed by atoms with Gasteiger partial charge in [-0.3, -0.25) is 10.1 Å². The predicted octanol–water partition coefficient (Wildman–Crippen LogP) is 2.45. The number of hydrogen-bond acceptors (Lipinski definition) is 3. The Hall–Kier alpha value is -1.49. The molecule has 0 saturated carbocycles. The van der Waals surface area contributed by atoms with Gasteiger partial charge in [0.1, 0.15) is 0 Å². The molecular weight excluding hydrogens is 260 g/mol.